The van der Waals surface area contributed by atoms with Gasteiger partial charge < -0.3 is 15.4 Å². The number of carbonyl (C=O) groups is 1. The molecule has 0 bridgehead atoms. The second-order valence-electron chi connectivity index (χ2n) is 5.71. The molecule has 0 aliphatic heterocycles. The molecule has 0 spiro atoms. The number of hydrogen-bond donors (Lipinski definition) is 2. The van der Waals surface area contributed by atoms with Gasteiger partial charge in [0.05, 0.1) is 11.8 Å². The van der Waals surface area contributed by atoms with E-state index >= 15 is 0 Å². The normalized spacial score (nSPS) is 10.5. The number of benzene rings is 2. The Labute approximate surface area is 142 Å². The third-order valence-electron chi connectivity index (χ3n) is 3.35. The van der Waals surface area contributed by atoms with E-state index < -0.39 is 0 Å². The van der Waals surface area contributed by atoms with Gasteiger partial charge in [0.25, 0.3) is 0 Å². The highest BCUT2D eigenvalue weighted by molar-refractivity contribution is 5.76. The lowest BCUT2D eigenvalue weighted by Crippen LogP contribution is -2.25. The molecule has 0 radical (unpaired) electrons. The minimum Gasteiger partial charge on any atom is -0.489 e. The maximum absolute atomic E-state index is 13.5. The number of anilines is 1. The predicted octanol–water partition coefficient (Wildman–Crippen LogP) is 3.73. The van der Waals surface area contributed by atoms with Gasteiger partial charge in [-0.15, -0.1) is 0 Å². The Hall–Kier alpha value is -2.56. The first-order chi connectivity index (χ1) is 11.6. The maximum atomic E-state index is 13.5. The molecule has 5 heteroatoms. The van der Waals surface area contributed by atoms with E-state index in [-0.39, 0.29) is 24.4 Å². The van der Waals surface area contributed by atoms with Crippen molar-refractivity contribution >= 4 is 11.6 Å². The molecule has 24 heavy (non-hydrogen) atoms. The molecule has 0 atom stereocenters. The van der Waals surface area contributed by atoms with Gasteiger partial charge in [0.15, 0.2) is 0 Å². The Morgan fingerprint density at radius 2 is 1.83 bits per heavy atom. The number of halogens is 1. The van der Waals surface area contributed by atoms with Crippen molar-refractivity contribution in [3.8, 4) is 5.75 Å². The lowest BCUT2D eigenvalue weighted by atomic mass is 10.2. The van der Waals surface area contributed by atoms with Gasteiger partial charge in [0.1, 0.15) is 11.6 Å². The number of carbonyl (C=O) groups excluding carboxylic acids is 1. The van der Waals surface area contributed by atoms with Crippen molar-refractivity contribution in [2.24, 2.45) is 0 Å². The lowest BCUT2D eigenvalue weighted by Gasteiger charge is -2.15. The van der Waals surface area contributed by atoms with Crippen LogP contribution in [0.25, 0.3) is 0 Å². The van der Waals surface area contributed by atoms with Crippen molar-refractivity contribution in [2.75, 3.05) is 11.9 Å². The standard InChI is InChI=1S/C19H23FN2O2/c1-14(2)24-18-10-6-5-9-17(18)21-12-11-19(23)22-13-15-7-3-4-8-16(15)20/h3-10,14,21H,11-13H2,1-2H3,(H,22,23). The minimum atomic E-state index is -0.310. The van der Waals surface area contributed by atoms with Crippen LogP contribution in [0, 0.1) is 5.82 Å². The summed E-state index contributed by atoms with van der Waals surface area (Å²) in [6, 6.07) is 14.0. The number of ether oxygens (including phenoxy) is 1. The molecule has 0 heterocycles. The first kappa shape index (κ1) is 17.8. The van der Waals surface area contributed by atoms with Gasteiger partial charge in [0, 0.05) is 25.1 Å². The average molecular weight is 330 g/mol. The Bertz CT molecular complexity index is 674. The Morgan fingerprint density at radius 1 is 1.12 bits per heavy atom. The number of nitrogens with one attached hydrogen (secondary N) is 2. The molecule has 1 amide bonds. The second kappa shape index (κ2) is 8.91. The zero-order valence-electron chi connectivity index (χ0n) is 14.0. The third-order valence-corrected chi connectivity index (χ3v) is 3.35. The maximum Gasteiger partial charge on any atom is 0.222 e. The summed E-state index contributed by atoms with van der Waals surface area (Å²) < 4.78 is 19.2. The zero-order valence-corrected chi connectivity index (χ0v) is 14.0. The monoisotopic (exact) mass is 330 g/mol. The molecule has 2 aromatic carbocycles. The summed E-state index contributed by atoms with van der Waals surface area (Å²) in [5.41, 5.74) is 1.34. The summed E-state index contributed by atoms with van der Waals surface area (Å²) >= 11 is 0. The molecule has 2 N–H and O–H groups in total. The van der Waals surface area contributed by atoms with E-state index in [1.165, 1.54) is 6.07 Å². The van der Waals surface area contributed by atoms with Gasteiger partial charge >= 0.3 is 0 Å². The van der Waals surface area contributed by atoms with Crippen LogP contribution in [-0.2, 0) is 11.3 Å². The van der Waals surface area contributed by atoms with Gasteiger partial charge in [-0.3, -0.25) is 4.79 Å². The van der Waals surface area contributed by atoms with Crippen molar-refractivity contribution in [3.63, 3.8) is 0 Å². The van der Waals surface area contributed by atoms with Crippen LogP contribution in [0.3, 0.4) is 0 Å². The summed E-state index contributed by atoms with van der Waals surface area (Å²) in [6.45, 7) is 4.60. The molecule has 0 fully saturated rings. The molecule has 0 saturated carbocycles. The van der Waals surface area contributed by atoms with Gasteiger partial charge in [-0.25, -0.2) is 4.39 Å². The van der Waals surface area contributed by atoms with Crippen LogP contribution in [0.1, 0.15) is 25.8 Å². The van der Waals surface area contributed by atoms with E-state index in [4.69, 9.17) is 4.74 Å². The molecule has 0 aliphatic carbocycles. The number of para-hydroxylation sites is 2. The Balaban J connectivity index is 1.78. The summed E-state index contributed by atoms with van der Waals surface area (Å²) in [5, 5.41) is 5.92. The minimum absolute atomic E-state index is 0.0806. The molecule has 2 rings (SSSR count). The quantitative estimate of drug-likeness (QED) is 0.775. The van der Waals surface area contributed by atoms with Crippen molar-refractivity contribution in [1.29, 1.82) is 0 Å². The SMILES string of the molecule is CC(C)Oc1ccccc1NCCC(=O)NCc1ccccc1F. The molecule has 0 aromatic heterocycles. The molecular weight excluding hydrogens is 307 g/mol. The van der Waals surface area contributed by atoms with Crippen LogP contribution in [0.5, 0.6) is 5.75 Å². The average Bonchev–Trinajstić information content (AvgIpc) is 2.55. The summed E-state index contributed by atoms with van der Waals surface area (Å²) in [6.07, 6.45) is 0.377. The highest BCUT2D eigenvalue weighted by atomic mass is 19.1. The van der Waals surface area contributed by atoms with Crippen LogP contribution in [-0.4, -0.2) is 18.6 Å². The number of amides is 1. The molecule has 0 saturated heterocycles. The molecule has 2 aromatic rings. The van der Waals surface area contributed by atoms with E-state index in [0.717, 1.165) is 11.4 Å². The summed E-state index contributed by atoms with van der Waals surface area (Å²) in [7, 11) is 0. The molecular formula is C19H23FN2O2. The van der Waals surface area contributed by atoms with Gasteiger partial charge in [-0.05, 0) is 32.0 Å². The predicted molar refractivity (Wildman–Crippen MR) is 93.6 cm³/mol. The van der Waals surface area contributed by atoms with Gasteiger partial charge in [-0.1, -0.05) is 30.3 Å². The largest absolute Gasteiger partial charge is 0.489 e. The van der Waals surface area contributed by atoms with Crippen LogP contribution in [0.2, 0.25) is 0 Å². The van der Waals surface area contributed by atoms with Crippen LogP contribution in [0.15, 0.2) is 48.5 Å². The summed E-state index contributed by atoms with van der Waals surface area (Å²) in [4.78, 5) is 11.9. The van der Waals surface area contributed by atoms with Crippen molar-refractivity contribution in [2.45, 2.75) is 32.9 Å². The molecule has 0 aliphatic rings. The van der Waals surface area contributed by atoms with E-state index in [1.54, 1.807) is 18.2 Å². The van der Waals surface area contributed by atoms with E-state index in [0.29, 0.717) is 18.5 Å². The fraction of sp³-hybridized carbons (Fsp3) is 0.316. The van der Waals surface area contributed by atoms with E-state index in [2.05, 4.69) is 10.6 Å². The highest BCUT2D eigenvalue weighted by Crippen LogP contribution is 2.24. The molecule has 0 unspecified atom stereocenters. The van der Waals surface area contributed by atoms with Crippen molar-refractivity contribution in [1.82, 2.24) is 5.32 Å². The molecule has 4 nitrogen and oxygen atoms in total. The van der Waals surface area contributed by atoms with Gasteiger partial charge in [-0.2, -0.15) is 0 Å². The van der Waals surface area contributed by atoms with Crippen LogP contribution in [0.4, 0.5) is 10.1 Å². The fourth-order valence-electron chi connectivity index (χ4n) is 2.20. The van der Waals surface area contributed by atoms with Crippen molar-refractivity contribution in [3.05, 3.63) is 59.9 Å². The first-order valence-electron chi connectivity index (χ1n) is 8.06. The topological polar surface area (TPSA) is 50.4 Å². The first-order valence-corrected chi connectivity index (χ1v) is 8.06. The van der Waals surface area contributed by atoms with E-state index in [1.807, 2.05) is 38.1 Å². The Kier molecular flexibility index (Phi) is 6.61. The van der Waals surface area contributed by atoms with Crippen LogP contribution < -0.4 is 15.4 Å². The third kappa shape index (κ3) is 5.57. The summed E-state index contributed by atoms with van der Waals surface area (Å²) in [5.74, 6) is 0.322. The number of rotatable bonds is 8. The van der Waals surface area contributed by atoms with Crippen molar-refractivity contribution < 1.29 is 13.9 Å². The smallest absolute Gasteiger partial charge is 0.222 e. The second-order valence-corrected chi connectivity index (χ2v) is 5.71. The van der Waals surface area contributed by atoms with E-state index in [9.17, 15) is 9.18 Å². The van der Waals surface area contributed by atoms with Crippen LogP contribution >= 0.6 is 0 Å². The Morgan fingerprint density at radius 3 is 2.58 bits per heavy atom. The number of hydrogen-bond acceptors (Lipinski definition) is 3. The fourth-order valence-corrected chi connectivity index (χ4v) is 2.20. The molecule has 128 valence electrons. The van der Waals surface area contributed by atoms with Gasteiger partial charge in [0.2, 0.25) is 5.91 Å². The lowest BCUT2D eigenvalue weighted by molar-refractivity contribution is -0.121. The highest BCUT2D eigenvalue weighted by Gasteiger charge is 2.07. The zero-order chi connectivity index (χ0) is 17.4.